The quantitative estimate of drug-likeness (QED) is 0.930. The highest BCUT2D eigenvalue weighted by molar-refractivity contribution is 7.91. The topological polar surface area (TPSA) is 46.2 Å². The highest BCUT2D eigenvalue weighted by atomic mass is 32.2. The normalized spacial score (nSPS) is 11.8. The Kier molecular flexibility index (Phi) is 3.44. The molecule has 0 aromatic carbocycles. The van der Waals surface area contributed by atoms with Crippen LogP contribution < -0.4 is 4.72 Å². The minimum Gasteiger partial charge on any atom is -0.206 e. The third kappa shape index (κ3) is 2.70. The summed E-state index contributed by atoms with van der Waals surface area (Å²) in [5, 5.41) is 1.93. The summed E-state index contributed by atoms with van der Waals surface area (Å²) in [6.07, 6.45) is 0. The van der Waals surface area contributed by atoms with Crippen molar-refractivity contribution in [3.63, 3.8) is 0 Å². The average molecular weight is 273 g/mol. The molecule has 0 saturated heterocycles. The molecule has 0 amide bonds. The molecular formula is C10H11NO2S3. The van der Waals surface area contributed by atoms with Gasteiger partial charge in [0.25, 0.3) is 0 Å². The van der Waals surface area contributed by atoms with Crippen LogP contribution in [-0.4, -0.2) is 8.42 Å². The Morgan fingerprint density at radius 1 is 1.31 bits per heavy atom. The van der Waals surface area contributed by atoms with Crippen molar-refractivity contribution in [3.05, 3.63) is 39.4 Å². The highest BCUT2D eigenvalue weighted by Gasteiger charge is 2.15. The first-order valence-electron chi connectivity index (χ1n) is 4.66. The lowest BCUT2D eigenvalue weighted by Crippen LogP contribution is -2.21. The van der Waals surface area contributed by atoms with Gasteiger partial charge in [0.1, 0.15) is 4.21 Å². The van der Waals surface area contributed by atoms with Gasteiger partial charge in [-0.3, -0.25) is 0 Å². The first-order valence-corrected chi connectivity index (χ1v) is 7.84. The molecule has 0 aliphatic rings. The van der Waals surface area contributed by atoms with E-state index in [1.165, 1.54) is 11.3 Å². The van der Waals surface area contributed by atoms with Crippen molar-refractivity contribution in [1.82, 2.24) is 4.72 Å². The van der Waals surface area contributed by atoms with Crippen LogP contribution in [0, 0.1) is 6.92 Å². The van der Waals surface area contributed by atoms with Gasteiger partial charge in [-0.15, -0.1) is 22.7 Å². The zero-order valence-electron chi connectivity index (χ0n) is 8.64. The summed E-state index contributed by atoms with van der Waals surface area (Å²) in [5.74, 6) is 0. The van der Waals surface area contributed by atoms with Crippen molar-refractivity contribution >= 4 is 32.7 Å². The Morgan fingerprint density at radius 2 is 2.12 bits per heavy atom. The molecule has 1 N–H and O–H groups in total. The molecule has 0 bridgehead atoms. The van der Waals surface area contributed by atoms with Gasteiger partial charge in [0.15, 0.2) is 0 Å². The number of hydrogen-bond donors (Lipinski definition) is 1. The molecule has 2 aromatic rings. The molecule has 0 unspecified atom stereocenters. The minimum atomic E-state index is -3.34. The van der Waals surface area contributed by atoms with Crippen LogP contribution >= 0.6 is 22.7 Å². The van der Waals surface area contributed by atoms with Gasteiger partial charge >= 0.3 is 0 Å². The van der Waals surface area contributed by atoms with E-state index in [9.17, 15) is 8.42 Å². The van der Waals surface area contributed by atoms with Crippen LogP contribution in [0.1, 0.15) is 9.75 Å². The van der Waals surface area contributed by atoms with E-state index < -0.39 is 10.0 Å². The van der Waals surface area contributed by atoms with Gasteiger partial charge in [-0.2, -0.15) is 0 Å². The SMILES string of the molecule is Cc1ccc(S(=O)(=O)NCc2cccs2)s1. The molecule has 0 fully saturated rings. The number of aryl methyl sites for hydroxylation is 1. The fourth-order valence-corrected chi connectivity index (χ4v) is 4.28. The Bertz CT molecular complexity index is 555. The molecule has 2 aromatic heterocycles. The van der Waals surface area contributed by atoms with Crippen LogP contribution in [0.2, 0.25) is 0 Å². The Labute approximate surface area is 103 Å². The predicted octanol–water partition coefficient (Wildman–Crippen LogP) is 2.60. The number of thiophene rings is 2. The molecule has 0 radical (unpaired) electrons. The first kappa shape index (κ1) is 11.8. The van der Waals surface area contributed by atoms with Gasteiger partial charge in [0.05, 0.1) is 0 Å². The third-order valence-corrected chi connectivity index (χ3v) is 5.77. The average Bonchev–Trinajstić information content (AvgIpc) is 2.85. The van der Waals surface area contributed by atoms with Crippen molar-refractivity contribution in [1.29, 1.82) is 0 Å². The zero-order chi connectivity index (χ0) is 11.6. The molecule has 3 nitrogen and oxygen atoms in total. The lowest BCUT2D eigenvalue weighted by atomic mass is 10.5. The van der Waals surface area contributed by atoms with Gasteiger partial charge in [0.2, 0.25) is 10.0 Å². The third-order valence-electron chi connectivity index (χ3n) is 2.00. The molecule has 0 aliphatic heterocycles. The van der Waals surface area contributed by atoms with E-state index in [4.69, 9.17) is 0 Å². The summed E-state index contributed by atoms with van der Waals surface area (Å²) in [6.45, 7) is 2.25. The van der Waals surface area contributed by atoms with Gasteiger partial charge in [-0.25, -0.2) is 13.1 Å². The summed E-state index contributed by atoms with van der Waals surface area (Å²) < 4.78 is 26.6. The van der Waals surface area contributed by atoms with E-state index in [1.807, 2.05) is 30.5 Å². The fourth-order valence-electron chi connectivity index (χ4n) is 1.21. The largest absolute Gasteiger partial charge is 0.250 e. The Hall–Kier alpha value is -0.690. The number of hydrogen-bond acceptors (Lipinski definition) is 4. The number of rotatable bonds is 4. The second-order valence-electron chi connectivity index (χ2n) is 3.27. The molecule has 6 heteroatoms. The second-order valence-corrected chi connectivity index (χ2v) is 7.58. The van der Waals surface area contributed by atoms with Crippen LogP contribution in [-0.2, 0) is 16.6 Å². The van der Waals surface area contributed by atoms with Crippen molar-refractivity contribution in [2.45, 2.75) is 17.7 Å². The first-order chi connectivity index (χ1) is 7.58. The summed E-state index contributed by atoms with van der Waals surface area (Å²) in [7, 11) is -3.34. The summed E-state index contributed by atoms with van der Waals surface area (Å²) in [5.41, 5.74) is 0. The van der Waals surface area contributed by atoms with Crippen LogP contribution in [0.15, 0.2) is 33.9 Å². The van der Waals surface area contributed by atoms with E-state index in [1.54, 1.807) is 17.4 Å². The fraction of sp³-hybridized carbons (Fsp3) is 0.200. The smallest absolute Gasteiger partial charge is 0.206 e. The molecule has 2 rings (SSSR count). The van der Waals surface area contributed by atoms with Crippen molar-refractivity contribution < 1.29 is 8.42 Å². The van der Waals surface area contributed by atoms with Crippen LogP contribution in [0.4, 0.5) is 0 Å². The molecule has 2 heterocycles. The van der Waals surface area contributed by atoms with E-state index in [2.05, 4.69) is 4.72 Å². The monoisotopic (exact) mass is 273 g/mol. The Morgan fingerprint density at radius 3 is 2.69 bits per heavy atom. The number of nitrogens with one attached hydrogen (secondary N) is 1. The second kappa shape index (κ2) is 4.67. The maximum absolute atomic E-state index is 11.8. The lowest BCUT2D eigenvalue weighted by molar-refractivity contribution is 0.584. The van der Waals surface area contributed by atoms with Gasteiger partial charge in [-0.05, 0) is 30.5 Å². The summed E-state index contributed by atoms with van der Waals surface area (Å²) in [6, 6.07) is 7.26. The maximum Gasteiger partial charge on any atom is 0.250 e. The molecule has 0 spiro atoms. The zero-order valence-corrected chi connectivity index (χ0v) is 11.1. The molecule has 0 saturated carbocycles. The van der Waals surface area contributed by atoms with Crippen molar-refractivity contribution in [3.8, 4) is 0 Å². The maximum atomic E-state index is 11.8. The predicted molar refractivity (Wildman–Crippen MR) is 67.4 cm³/mol. The van der Waals surface area contributed by atoms with E-state index in [-0.39, 0.29) is 0 Å². The van der Waals surface area contributed by atoms with E-state index >= 15 is 0 Å². The standard InChI is InChI=1S/C10H11NO2S3/c1-8-4-5-10(15-8)16(12,13)11-7-9-3-2-6-14-9/h2-6,11H,7H2,1H3. The Balaban J connectivity index is 2.09. The summed E-state index contributed by atoms with van der Waals surface area (Å²) in [4.78, 5) is 2.01. The molecule has 86 valence electrons. The number of sulfonamides is 1. The van der Waals surface area contributed by atoms with Crippen molar-refractivity contribution in [2.75, 3.05) is 0 Å². The van der Waals surface area contributed by atoms with Gasteiger partial charge < -0.3 is 0 Å². The van der Waals surface area contributed by atoms with Gasteiger partial charge in [-0.1, -0.05) is 6.07 Å². The lowest BCUT2D eigenvalue weighted by Gasteiger charge is -2.02. The van der Waals surface area contributed by atoms with Gasteiger partial charge in [0, 0.05) is 16.3 Å². The van der Waals surface area contributed by atoms with Crippen LogP contribution in [0.5, 0.6) is 0 Å². The minimum absolute atomic E-state index is 0.358. The van der Waals surface area contributed by atoms with Crippen LogP contribution in [0.3, 0.4) is 0 Å². The van der Waals surface area contributed by atoms with Crippen molar-refractivity contribution in [2.24, 2.45) is 0 Å². The molecule has 0 aliphatic carbocycles. The van der Waals surface area contributed by atoms with Crippen LogP contribution in [0.25, 0.3) is 0 Å². The summed E-state index contributed by atoms with van der Waals surface area (Å²) >= 11 is 2.83. The highest BCUT2D eigenvalue weighted by Crippen LogP contribution is 2.20. The van der Waals surface area contributed by atoms with E-state index in [0.717, 1.165) is 9.75 Å². The molecule has 0 atom stereocenters. The van der Waals surface area contributed by atoms with E-state index in [0.29, 0.717) is 10.8 Å². The molecular weight excluding hydrogens is 262 g/mol. The molecule has 16 heavy (non-hydrogen) atoms.